The molecule has 8 heteroatoms. The molecule has 7 nitrogen and oxygen atoms in total. The fourth-order valence-corrected chi connectivity index (χ4v) is 4.55. The summed E-state index contributed by atoms with van der Waals surface area (Å²) in [5.74, 6) is 0.468. The summed E-state index contributed by atoms with van der Waals surface area (Å²) in [4.78, 5) is -0.355. The number of benzene rings is 2. The summed E-state index contributed by atoms with van der Waals surface area (Å²) in [5, 5.41) is 21.6. The largest absolute Gasteiger partial charge is 0.490 e. The zero-order chi connectivity index (χ0) is 25.0. The summed E-state index contributed by atoms with van der Waals surface area (Å²) in [6.45, 7) is 4.29. The normalized spacial score (nSPS) is 13.7. The molecule has 0 aromatic heterocycles. The number of aliphatic hydroxyl groups is 2. The van der Waals surface area contributed by atoms with Gasteiger partial charge in [0.1, 0.15) is 29.6 Å². The first kappa shape index (κ1) is 28.4. The second kappa shape index (κ2) is 14.5. The number of rotatable bonds is 17. The molecule has 2 aromatic rings. The first-order valence-electron chi connectivity index (χ1n) is 12.4. The molecule has 0 aliphatic rings. The highest BCUT2D eigenvalue weighted by Crippen LogP contribution is 2.37. The molecule has 0 saturated heterocycles. The monoisotopic (exact) mass is 496 g/mol. The standard InChI is InChI=1S/C26H40O7S/c1-3-5-7-9-12-20(27)18-32-24-15-11-14-23-22(24)16-17-25(34(29,30)31)26(23)33-19-21(28)13-10-8-6-4-2/h11,14-17,20-21,27-28H,3-10,12-13,18-19H2,1-2H3,(H,29,30,31). The summed E-state index contributed by atoms with van der Waals surface area (Å²) in [6.07, 6.45) is 8.22. The van der Waals surface area contributed by atoms with Crippen LogP contribution in [0, 0.1) is 0 Å². The number of unbranched alkanes of at least 4 members (excludes halogenated alkanes) is 6. The molecule has 2 atom stereocenters. The molecule has 0 bridgehead atoms. The van der Waals surface area contributed by atoms with Gasteiger partial charge in [-0.25, -0.2) is 0 Å². The van der Waals surface area contributed by atoms with E-state index in [1.807, 2.05) is 0 Å². The summed E-state index contributed by atoms with van der Waals surface area (Å²) in [5.41, 5.74) is 0. The van der Waals surface area contributed by atoms with E-state index in [1.165, 1.54) is 6.07 Å². The minimum absolute atomic E-state index is 0.0156. The van der Waals surface area contributed by atoms with Gasteiger partial charge in [-0.2, -0.15) is 8.42 Å². The lowest BCUT2D eigenvalue weighted by molar-refractivity contribution is 0.0964. The van der Waals surface area contributed by atoms with Gasteiger partial charge in [-0.05, 0) is 31.0 Å². The second-order valence-corrected chi connectivity index (χ2v) is 10.2. The molecule has 0 aliphatic carbocycles. The van der Waals surface area contributed by atoms with Gasteiger partial charge in [-0.1, -0.05) is 77.3 Å². The van der Waals surface area contributed by atoms with Crippen LogP contribution in [0.3, 0.4) is 0 Å². The first-order valence-corrected chi connectivity index (χ1v) is 13.9. The maximum absolute atomic E-state index is 12.0. The zero-order valence-corrected chi connectivity index (χ0v) is 21.2. The highest BCUT2D eigenvalue weighted by molar-refractivity contribution is 7.86. The lowest BCUT2D eigenvalue weighted by atomic mass is 10.1. The Hall–Kier alpha value is -1.87. The fourth-order valence-electron chi connectivity index (χ4n) is 3.90. The second-order valence-electron chi connectivity index (χ2n) is 8.85. The lowest BCUT2D eigenvalue weighted by Gasteiger charge is -2.18. The van der Waals surface area contributed by atoms with E-state index in [0.29, 0.717) is 29.4 Å². The van der Waals surface area contributed by atoms with Gasteiger partial charge >= 0.3 is 0 Å². The third-order valence-corrected chi connectivity index (χ3v) is 6.72. The van der Waals surface area contributed by atoms with Gasteiger partial charge in [0.25, 0.3) is 10.1 Å². The van der Waals surface area contributed by atoms with Gasteiger partial charge in [0, 0.05) is 10.8 Å². The predicted octanol–water partition coefficient (Wildman–Crippen LogP) is 5.51. The van der Waals surface area contributed by atoms with Crippen LogP contribution in [0.5, 0.6) is 11.5 Å². The van der Waals surface area contributed by atoms with Gasteiger partial charge in [-0.15, -0.1) is 0 Å². The van der Waals surface area contributed by atoms with Crippen LogP contribution >= 0.6 is 0 Å². The summed E-state index contributed by atoms with van der Waals surface area (Å²) >= 11 is 0. The SMILES string of the molecule is CCCCCCC(O)COc1cccc2c(OCC(O)CCCCCC)c(S(=O)(=O)O)ccc12. The number of hydrogen-bond acceptors (Lipinski definition) is 6. The first-order chi connectivity index (χ1) is 16.3. The number of aliphatic hydroxyl groups excluding tert-OH is 2. The molecule has 0 spiro atoms. The van der Waals surface area contributed by atoms with Crippen molar-refractivity contribution in [3.05, 3.63) is 30.3 Å². The van der Waals surface area contributed by atoms with Gasteiger partial charge in [-0.3, -0.25) is 4.55 Å². The molecule has 0 heterocycles. The minimum Gasteiger partial charge on any atom is -0.490 e. The molecular weight excluding hydrogens is 456 g/mol. The lowest BCUT2D eigenvalue weighted by Crippen LogP contribution is -2.19. The van der Waals surface area contributed by atoms with Crippen LogP contribution in [0.15, 0.2) is 35.2 Å². The fraction of sp³-hybridized carbons (Fsp3) is 0.615. The number of hydrogen-bond donors (Lipinski definition) is 3. The van der Waals surface area contributed by atoms with Crippen molar-refractivity contribution in [2.24, 2.45) is 0 Å². The van der Waals surface area contributed by atoms with E-state index in [4.69, 9.17) is 9.47 Å². The van der Waals surface area contributed by atoms with Crippen LogP contribution in [0.25, 0.3) is 10.8 Å². The van der Waals surface area contributed by atoms with Crippen molar-refractivity contribution in [3.8, 4) is 11.5 Å². The van der Waals surface area contributed by atoms with Crippen LogP contribution in [0.4, 0.5) is 0 Å². The zero-order valence-electron chi connectivity index (χ0n) is 20.4. The Morgan fingerprint density at radius 2 is 1.35 bits per heavy atom. The molecule has 0 amide bonds. The van der Waals surface area contributed by atoms with Crippen molar-refractivity contribution in [2.75, 3.05) is 13.2 Å². The van der Waals surface area contributed by atoms with Gasteiger partial charge in [0.05, 0.1) is 12.2 Å². The van der Waals surface area contributed by atoms with Crippen LogP contribution in [0.2, 0.25) is 0 Å². The number of fused-ring (bicyclic) bond motifs is 1. The Morgan fingerprint density at radius 1 is 0.765 bits per heavy atom. The molecule has 192 valence electrons. The van der Waals surface area contributed by atoms with E-state index >= 15 is 0 Å². The number of ether oxygens (including phenoxy) is 2. The molecule has 34 heavy (non-hydrogen) atoms. The van der Waals surface area contributed by atoms with Crippen LogP contribution in [-0.4, -0.2) is 48.6 Å². The van der Waals surface area contributed by atoms with Crippen molar-refractivity contribution >= 4 is 20.9 Å². The average Bonchev–Trinajstić information content (AvgIpc) is 2.80. The Balaban J connectivity index is 2.17. The highest BCUT2D eigenvalue weighted by atomic mass is 32.2. The molecule has 0 aliphatic heterocycles. The molecule has 2 aromatic carbocycles. The molecule has 0 fully saturated rings. The topological polar surface area (TPSA) is 113 Å². The van der Waals surface area contributed by atoms with E-state index in [-0.39, 0.29) is 23.9 Å². The van der Waals surface area contributed by atoms with Gasteiger partial charge in [0.2, 0.25) is 0 Å². The molecule has 3 N–H and O–H groups in total. The van der Waals surface area contributed by atoms with Crippen LogP contribution in [0.1, 0.15) is 78.1 Å². The smallest absolute Gasteiger partial charge is 0.298 e. The van der Waals surface area contributed by atoms with Crippen LogP contribution in [-0.2, 0) is 10.1 Å². The van der Waals surface area contributed by atoms with E-state index in [9.17, 15) is 23.2 Å². The van der Waals surface area contributed by atoms with E-state index in [1.54, 1.807) is 24.3 Å². The Labute approximate surface area is 203 Å². The maximum Gasteiger partial charge on any atom is 0.298 e. The maximum atomic E-state index is 12.0. The predicted molar refractivity (Wildman–Crippen MR) is 134 cm³/mol. The average molecular weight is 497 g/mol. The Kier molecular flexibility index (Phi) is 12.1. The summed E-state index contributed by atoms with van der Waals surface area (Å²) in [7, 11) is -4.54. The van der Waals surface area contributed by atoms with Gasteiger partial charge < -0.3 is 19.7 Å². The van der Waals surface area contributed by atoms with E-state index < -0.39 is 22.3 Å². The molecule has 0 saturated carbocycles. The van der Waals surface area contributed by atoms with Crippen molar-refractivity contribution in [1.82, 2.24) is 0 Å². The highest BCUT2D eigenvalue weighted by Gasteiger charge is 2.22. The third-order valence-electron chi connectivity index (χ3n) is 5.85. The Morgan fingerprint density at radius 3 is 1.91 bits per heavy atom. The third kappa shape index (κ3) is 9.06. The van der Waals surface area contributed by atoms with Gasteiger partial charge in [0.15, 0.2) is 0 Å². The summed E-state index contributed by atoms with van der Waals surface area (Å²) in [6, 6.07) is 7.95. The van der Waals surface area contributed by atoms with Crippen molar-refractivity contribution in [1.29, 1.82) is 0 Å². The molecular formula is C26H40O7S. The van der Waals surface area contributed by atoms with Crippen LogP contribution < -0.4 is 9.47 Å². The minimum atomic E-state index is -4.54. The van der Waals surface area contributed by atoms with E-state index in [0.717, 1.165) is 51.4 Å². The van der Waals surface area contributed by atoms with Crippen molar-refractivity contribution in [2.45, 2.75) is 95.2 Å². The van der Waals surface area contributed by atoms with Crippen molar-refractivity contribution in [3.63, 3.8) is 0 Å². The van der Waals surface area contributed by atoms with Crippen molar-refractivity contribution < 1.29 is 32.7 Å². The molecule has 0 radical (unpaired) electrons. The molecule has 2 rings (SSSR count). The quantitative estimate of drug-likeness (QED) is 0.196. The Bertz CT molecular complexity index is 975. The summed E-state index contributed by atoms with van der Waals surface area (Å²) < 4.78 is 45.3. The molecule has 2 unspecified atom stereocenters. The van der Waals surface area contributed by atoms with E-state index in [2.05, 4.69) is 13.8 Å².